The molecule has 3 rings (SSSR count). The van der Waals surface area contributed by atoms with E-state index < -0.39 is 5.60 Å². The van der Waals surface area contributed by atoms with Crippen LogP contribution in [0.2, 0.25) is 0 Å². The highest BCUT2D eigenvalue weighted by Crippen LogP contribution is 2.22. The lowest BCUT2D eigenvalue weighted by Crippen LogP contribution is -2.49. The number of nitrogens with zero attached hydrogens (tertiary/aromatic N) is 2. The number of nitrogens with one attached hydrogen (secondary N) is 2. The second-order valence-corrected chi connectivity index (χ2v) is 6.03. The van der Waals surface area contributed by atoms with E-state index in [4.69, 9.17) is 0 Å². The molecular weight excluding hydrogens is 391 g/mol. The van der Waals surface area contributed by atoms with Crippen LogP contribution in [0.1, 0.15) is 18.4 Å². The fourth-order valence-electron chi connectivity index (χ4n) is 2.96. The fraction of sp³-hybridized carbons (Fsp3) is 0.562. The topological polar surface area (TPSA) is 59.9 Å². The minimum Gasteiger partial charge on any atom is -0.387 e. The van der Waals surface area contributed by atoms with Crippen LogP contribution in [0.15, 0.2) is 35.3 Å². The molecule has 1 fully saturated rings. The zero-order valence-electron chi connectivity index (χ0n) is 12.8. The van der Waals surface area contributed by atoms with Crippen molar-refractivity contribution in [2.24, 2.45) is 4.99 Å². The number of likely N-dealkylation sites (tertiary alicyclic amines) is 1. The number of rotatable bonds is 4. The van der Waals surface area contributed by atoms with Gasteiger partial charge in [0.1, 0.15) is 0 Å². The first-order chi connectivity index (χ1) is 10.2. The summed E-state index contributed by atoms with van der Waals surface area (Å²) in [5.41, 5.74) is 0.643. The van der Waals surface area contributed by atoms with Gasteiger partial charge in [-0.2, -0.15) is 0 Å². The van der Waals surface area contributed by atoms with Gasteiger partial charge in [-0.15, -0.1) is 24.0 Å². The maximum Gasteiger partial charge on any atom is 0.191 e. The zero-order chi connectivity index (χ0) is 14.5. The van der Waals surface area contributed by atoms with Gasteiger partial charge in [0.2, 0.25) is 0 Å². The van der Waals surface area contributed by atoms with Crippen LogP contribution < -0.4 is 10.6 Å². The van der Waals surface area contributed by atoms with Crippen molar-refractivity contribution in [1.29, 1.82) is 0 Å². The summed E-state index contributed by atoms with van der Waals surface area (Å²) in [6.07, 6.45) is 1.89. The average molecular weight is 416 g/mol. The van der Waals surface area contributed by atoms with Crippen molar-refractivity contribution in [3.05, 3.63) is 35.9 Å². The summed E-state index contributed by atoms with van der Waals surface area (Å²) in [4.78, 5) is 6.69. The second kappa shape index (κ2) is 8.12. The summed E-state index contributed by atoms with van der Waals surface area (Å²) in [5, 5.41) is 17.2. The Balaban J connectivity index is 0.00000176. The van der Waals surface area contributed by atoms with Crippen molar-refractivity contribution in [3.63, 3.8) is 0 Å². The molecule has 2 aliphatic heterocycles. The maximum absolute atomic E-state index is 10.7. The predicted octanol–water partition coefficient (Wildman–Crippen LogP) is 1.18. The highest BCUT2D eigenvalue weighted by atomic mass is 127. The quantitative estimate of drug-likeness (QED) is 0.646. The molecular formula is C16H25IN4O. The molecule has 22 heavy (non-hydrogen) atoms. The van der Waals surface area contributed by atoms with E-state index in [1.807, 2.05) is 6.07 Å². The van der Waals surface area contributed by atoms with Gasteiger partial charge in [-0.1, -0.05) is 30.3 Å². The molecule has 1 aromatic rings. The molecule has 2 heterocycles. The molecule has 122 valence electrons. The number of hydrogen-bond donors (Lipinski definition) is 3. The summed E-state index contributed by atoms with van der Waals surface area (Å²) >= 11 is 0. The van der Waals surface area contributed by atoms with E-state index in [0.717, 1.165) is 45.0 Å². The van der Waals surface area contributed by atoms with Crippen LogP contribution in [-0.2, 0) is 6.54 Å². The molecule has 2 aliphatic rings. The van der Waals surface area contributed by atoms with Crippen LogP contribution in [-0.4, -0.2) is 54.3 Å². The van der Waals surface area contributed by atoms with E-state index in [-0.39, 0.29) is 24.0 Å². The Labute approximate surface area is 149 Å². The SMILES string of the molecule is I.OC1(CNC2=NCCCN2)CCN(Cc2ccccc2)C1. The Morgan fingerprint density at radius 1 is 1.32 bits per heavy atom. The Bertz CT molecular complexity index is 496. The summed E-state index contributed by atoms with van der Waals surface area (Å²) in [6.45, 7) is 4.94. The number of hydrogen-bond acceptors (Lipinski definition) is 5. The summed E-state index contributed by atoms with van der Waals surface area (Å²) in [5.74, 6) is 0.830. The number of aliphatic hydroxyl groups is 1. The molecule has 0 spiro atoms. The molecule has 5 nitrogen and oxygen atoms in total. The molecule has 0 amide bonds. The average Bonchev–Trinajstić information content (AvgIpc) is 2.89. The van der Waals surface area contributed by atoms with Crippen molar-refractivity contribution >= 4 is 29.9 Å². The highest BCUT2D eigenvalue weighted by molar-refractivity contribution is 14.0. The van der Waals surface area contributed by atoms with Crippen LogP contribution in [0.3, 0.4) is 0 Å². The van der Waals surface area contributed by atoms with Crippen LogP contribution in [0.4, 0.5) is 0 Å². The van der Waals surface area contributed by atoms with Crippen LogP contribution >= 0.6 is 24.0 Å². The largest absolute Gasteiger partial charge is 0.387 e. The molecule has 1 aromatic carbocycles. The van der Waals surface area contributed by atoms with E-state index in [9.17, 15) is 5.11 Å². The lowest BCUT2D eigenvalue weighted by molar-refractivity contribution is 0.0526. The standard InChI is InChI=1S/C16H24N4O.HI/c21-16(12-19-15-17-8-4-9-18-15)7-10-20(13-16)11-14-5-2-1-3-6-14;/h1-3,5-6,21H,4,7-13H2,(H2,17,18,19);1H. The predicted molar refractivity (Wildman–Crippen MR) is 99.6 cm³/mol. The zero-order valence-corrected chi connectivity index (χ0v) is 15.1. The Morgan fingerprint density at radius 3 is 2.86 bits per heavy atom. The smallest absolute Gasteiger partial charge is 0.191 e. The van der Waals surface area contributed by atoms with E-state index in [0.29, 0.717) is 13.1 Å². The first kappa shape index (κ1) is 17.5. The molecule has 1 unspecified atom stereocenters. The van der Waals surface area contributed by atoms with Gasteiger partial charge in [-0.3, -0.25) is 9.89 Å². The van der Waals surface area contributed by atoms with Gasteiger partial charge in [-0.05, 0) is 18.4 Å². The Morgan fingerprint density at radius 2 is 2.14 bits per heavy atom. The molecule has 6 heteroatoms. The summed E-state index contributed by atoms with van der Waals surface area (Å²) in [7, 11) is 0. The molecule has 0 aliphatic carbocycles. The third kappa shape index (κ3) is 4.82. The minimum atomic E-state index is -0.656. The lowest BCUT2D eigenvalue weighted by Gasteiger charge is -2.26. The van der Waals surface area contributed by atoms with E-state index in [2.05, 4.69) is 44.8 Å². The molecule has 0 bridgehead atoms. The van der Waals surface area contributed by atoms with Crippen molar-refractivity contribution < 1.29 is 5.11 Å². The minimum absolute atomic E-state index is 0. The van der Waals surface area contributed by atoms with Crippen LogP contribution in [0.25, 0.3) is 0 Å². The monoisotopic (exact) mass is 416 g/mol. The first-order valence-corrected chi connectivity index (χ1v) is 7.74. The molecule has 1 atom stereocenters. The molecule has 0 radical (unpaired) electrons. The number of halogens is 1. The molecule has 1 saturated heterocycles. The Kier molecular flexibility index (Phi) is 6.46. The number of aliphatic imine (C=N–C) groups is 1. The van der Waals surface area contributed by atoms with Gasteiger partial charge in [-0.25, -0.2) is 0 Å². The van der Waals surface area contributed by atoms with Crippen molar-refractivity contribution in [1.82, 2.24) is 15.5 Å². The molecule has 0 saturated carbocycles. The van der Waals surface area contributed by atoms with Gasteiger partial charge in [0.25, 0.3) is 0 Å². The summed E-state index contributed by atoms with van der Waals surface area (Å²) in [6, 6.07) is 10.4. The number of guanidine groups is 1. The first-order valence-electron chi connectivity index (χ1n) is 7.74. The van der Waals surface area contributed by atoms with E-state index >= 15 is 0 Å². The fourth-order valence-corrected chi connectivity index (χ4v) is 2.96. The third-order valence-electron chi connectivity index (χ3n) is 4.14. The third-order valence-corrected chi connectivity index (χ3v) is 4.14. The van der Waals surface area contributed by atoms with Gasteiger partial charge < -0.3 is 15.7 Å². The van der Waals surface area contributed by atoms with Crippen molar-refractivity contribution in [2.75, 3.05) is 32.7 Å². The van der Waals surface area contributed by atoms with E-state index in [1.54, 1.807) is 0 Å². The van der Waals surface area contributed by atoms with Crippen LogP contribution in [0, 0.1) is 0 Å². The van der Waals surface area contributed by atoms with Crippen molar-refractivity contribution in [3.8, 4) is 0 Å². The maximum atomic E-state index is 10.7. The Hall–Kier alpha value is -0.860. The number of β-amino-alcohol motifs (C(OH)–C–C–N with tert-alkyl or cyclic N) is 1. The number of benzene rings is 1. The normalized spacial score (nSPS) is 25.0. The lowest BCUT2D eigenvalue weighted by atomic mass is 10.0. The summed E-state index contributed by atoms with van der Waals surface area (Å²) < 4.78 is 0. The van der Waals surface area contributed by atoms with Gasteiger partial charge >= 0.3 is 0 Å². The second-order valence-electron chi connectivity index (χ2n) is 6.03. The molecule has 3 N–H and O–H groups in total. The van der Waals surface area contributed by atoms with Crippen molar-refractivity contribution in [2.45, 2.75) is 25.0 Å². The van der Waals surface area contributed by atoms with Gasteiger partial charge in [0.05, 0.1) is 5.60 Å². The van der Waals surface area contributed by atoms with Gasteiger partial charge in [0, 0.05) is 39.3 Å². The van der Waals surface area contributed by atoms with E-state index in [1.165, 1.54) is 5.56 Å². The van der Waals surface area contributed by atoms with Crippen LogP contribution in [0.5, 0.6) is 0 Å². The van der Waals surface area contributed by atoms with Gasteiger partial charge in [0.15, 0.2) is 5.96 Å². The highest BCUT2D eigenvalue weighted by Gasteiger charge is 2.36. The molecule has 0 aromatic heterocycles.